The van der Waals surface area contributed by atoms with Gasteiger partial charge < -0.3 is 10.1 Å². The maximum atomic E-state index is 11.9. The molecule has 5 nitrogen and oxygen atoms in total. The lowest BCUT2D eigenvalue weighted by Gasteiger charge is -2.13. The summed E-state index contributed by atoms with van der Waals surface area (Å²) in [6.45, 7) is 3.41. The third kappa shape index (κ3) is 5.16. The number of hydrogen-bond donors (Lipinski definition) is 1. The minimum absolute atomic E-state index is 0.00247. The fraction of sp³-hybridized carbons (Fsp3) is 0.462. The summed E-state index contributed by atoms with van der Waals surface area (Å²) in [5.41, 5.74) is -0.296. The van der Waals surface area contributed by atoms with E-state index in [1.165, 1.54) is 0 Å². The molecule has 1 rings (SSSR count). The van der Waals surface area contributed by atoms with Gasteiger partial charge in [0.15, 0.2) is 12.3 Å². The first kappa shape index (κ1) is 19.3. The molecular weight excluding hydrogens is 374 g/mol. The first-order valence-corrected chi connectivity index (χ1v) is 7.95. The third-order valence-corrected chi connectivity index (χ3v) is 4.32. The maximum absolute atomic E-state index is 11.9. The Hall–Kier alpha value is -0.750. The molecule has 0 aromatic carbocycles. The van der Waals surface area contributed by atoms with Crippen LogP contribution < -0.4 is 5.32 Å². The zero-order chi connectivity index (χ0) is 16.9. The van der Waals surface area contributed by atoms with Crippen molar-refractivity contribution >= 4 is 58.3 Å². The first-order chi connectivity index (χ1) is 10.3. The number of aromatic nitrogens is 1. The quantitative estimate of drug-likeness (QED) is 0.587. The summed E-state index contributed by atoms with van der Waals surface area (Å²) in [4.78, 5) is 27.2. The Morgan fingerprint density at radius 1 is 1.18 bits per heavy atom. The van der Waals surface area contributed by atoms with Crippen LogP contribution in [0.2, 0.25) is 20.2 Å². The molecule has 9 heteroatoms. The molecule has 1 aromatic heterocycles. The second-order valence-corrected chi connectivity index (χ2v) is 6.02. The lowest BCUT2D eigenvalue weighted by atomic mass is 10.2. The molecule has 0 saturated heterocycles. The fourth-order valence-corrected chi connectivity index (χ4v) is 2.45. The normalized spacial score (nSPS) is 11.9. The monoisotopic (exact) mass is 386 g/mol. The number of esters is 1. The van der Waals surface area contributed by atoms with Gasteiger partial charge in [-0.3, -0.25) is 4.79 Å². The third-order valence-electron chi connectivity index (χ3n) is 2.64. The molecule has 0 radical (unpaired) electrons. The van der Waals surface area contributed by atoms with Gasteiger partial charge in [0.05, 0.1) is 15.1 Å². The Morgan fingerprint density at radius 2 is 1.82 bits per heavy atom. The van der Waals surface area contributed by atoms with Crippen LogP contribution in [0.3, 0.4) is 0 Å². The van der Waals surface area contributed by atoms with Gasteiger partial charge in [-0.25, -0.2) is 9.78 Å². The maximum Gasteiger partial charge on any atom is 0.359 e. The van der Waals surface area contributed by atoms with E-state index in [4.69, 9.17) is 51.1 Å². The number of halogens is 4. The van der Waals surface area contributed by atoms with Crippen LogP contribution >= 0.6 is 46.4 Å². The van der Waals surface area contributed by atoms with Crippen LogP contribution in [0.25, 0.3) is 0 Å². The Morgan fingerprint density at radius 3 is 2.41 bits per heavy atom. The molecular formula is C13H14Cl4N2O3. The van der Waals surface area contributed by atoms with Crippen molar-refractivity contribution in [3.05, 3.63) is 25.9 Å². The van der Waals surface area contributed by atoms with E-state index in [1.807, 2.05) is 13.8 Å². The lowest BCUT2D eigenvalue weighted by Crippen LogP contribution is -2.35. The average Bonchev–Trinajstić information content (AvgIpc) is 2.46. The first-order valence-electron chi connectivity index (χ1n) is 6.44. The van der Waals surface area contributed by atoms with Crippen LogP contribution in [0, 0.1) is 0 Å². The zero-order valence-corrected chi connectivity index (χ0v) is 14.9. The van der Waals surface area contributed by atoms with Gasteiger partial charge >= 0.3 is 5.97 Å². The van der Waals surface area contributed by atoms with Crippen molar-refractivity contribution in [3.8, 4) is 0 Å². The van der Waals surface area contributed by atoms with Crippen molar-refractivity contribution in [2.75, 3.05) is 6.61 Å². The SMILES string of the molecule is CCCC(C)NC(=O)COC(=O)c1nc(Cl)c(Cl)c(Cl)c1Cl. The van der Waals surface area contributed by atoms with Gasteiger partial charge in [0, 0.05) is 6.04 Å². The van der Waals surface area contributed by atoms with E-state index in [2.05, 4.69) is 10.3 Å². The van der Waals surface area contributed by atoms with Gasteiger partial charge in [0.1, 0.15) is 5.15 Å². The van der Waals surface area contributed by atoms with E-state index in [1.54, 1.807) is 0 Å². The highest BCUT2D eigenvalue weighted by Gasteiger charge is 2.22. The van der Waals surface area contributed by atoms with Gasteiger partial charge in [-0.1, -0.05) is 59.7 Å². The average molecular weight is 388 g/mol. The summed E-state index contributed by atoms with van der Waals surface area (Å²) in [6, 6.07) is -0.00247. The Labute approximate surface area is 148 Å². The van der Waals surface area contributed by atoms with Gasteiger partial charge in [0.2, 0.25) is 0 Å². The standard InChI is InChI=1S/C13H14Cl4N2O3/c1-3-4-6(2)18-7(20)5-22-13(21)11-9(15)8(14)10(16)12(17)19-11/h6H,3-5H2,1-2H3,(H,18,20). The molecule has 1 unspecified atom stereocenters. The predicted molar refractivity (Wildman–Crippen MR) is 87.1 cm³/mol. The Bertz CT molecular complexity index is 581. The molecule has 0 aliphatic carbocycles. The van der Waals surface area contributed by atoms with Crippen molar-refractivity contribution in [1.82, 2.24) is 10.3 Å². The van der Waals surface area contributed by atoms with Crippen molar-refractivity contribution in [2.24, 2.45) is 0 Å². The lowest BCUT2D eigenvalue weighted by molar-refractivity contribution is -0.124. The summed E-state index contributed by atoms with van der Waals surface area (Å²) >= 11 is 23.2. The van der Waals surface area contributed by atoms with E-state index in [0.717, 1.165) is 12.8 Å². The van der Waals surface area contributed by atoms with E-state index >= 15 is 0 Å². The van der Waals surface area contributed by atoms with Gasteiger partial charge in [0.25, 0.3) is 5.91 Å². The number of rotatable bonds is 6. The summed E-state index contributed by atoms with van der Waals surface area (Å²) < 4.78 is 4.84. The number of nitrogens with zero attached hydrogens (tertiary/aromatic N) is 1. The predicted octanol–water partition coefficient (Wildman–Crippen LogP) is 4.16. The van der Waals surface area contributed by atoms with Crippen LogP contribution in [0.4, 0.5) is 0 Å². The van der Waals surface area contributed by atoms with Crippen LogP contribution in [0.15, 0.2) is 0 Å². The van der Waals surface area contributed by atoms with Crippen LogP contribution in [-0.4, -0.2) is 29.5 Å². The molecule has 0 spiro atoms. The molecule has 1 atom stereocenters. The van der Waals surface area contributed by atoms with Crippen LogP contribution in [0.1, 0.15) is 37.2 Å². The zero-order valence-electron chi connectivity index (χ0n) is 11.9. The Balaban J connectivity index is 2.69. The minimum Gasteiger partial charge on any atom is -0.451 e. The summed E-state index contributed by atoms with van der Waals surface area (Å²) in [5, 5.41) is 2.17. The number of carbonyl (C=O) groups excluding carboxylic acids is 2. The number of nitrogens with one attached hydrogen (secondary N) is 1. The number of pyridine rings is 1. The number of hydrogen-bond acceptors (Lipinski definition) is 4. The molecule has 22 heavy (non-hydrogen) atoms. The number of ether oxygens (including phenoxy) is 1. The molecule has 1 amide bonds. The molecule has 0 aliphatic rings. The topological polar surface area (TPSA) is 68.3 Å². The molecule has 1 N–H and O–H groups in total. The highest BCUT2D eigenvalue weighted by atomic mass is 35.5. The van der Waals surface area contributed by atoms with Crippen molar-refractivity contribution in [3.63, 3.8) is 0 Å². The van der Waals surface area contributed by atoms with Crippen molar-refractivity contribution < 1.29 is 14.3 Å². The summed E-state index contributed by atoms with van der Waals surface area (Å²) in [6.07, 6.45) is 1.76. The molecule has 0 bridgehead atoms. The van der Waals surface area contributed by atoms with Gasteiger partial charge in [-0.2, -0.15) is 0 Å². The van der Waals surface area contributed by atoms with Crippen LogP contribution in [0.5, 0.6) is 0 Å². The highest BCUT2D eigenvalue weighted by Crippen LogP contribution is 2.36. The fourth-order valence-electron chi connectivity index (χ4n) is 1.64. The van der Waals surface area contributed by atoms with Crippen molar-refractivity contribution in [1.29, 1.82) is 0 Å². The summed E-state index contributed by atoms with van der Waals surface area (Å²) in [7, 11) is 0. The second-order valence-electron chi connectivity index (χ2n) is 4.53. The largest absolute Gasteiger partial charge is 0.451 e. The number of amides is 1. The minimum atomic E-state index is -0.913. The molecule has 1 heterocycles. The van der Waals surface area contributed by atoms with E-state index < -0.39 is 18.5 Å². The van der Waals surface area contributed by atoms with E-state index in [0.29, 0.717) is 0 Å². The van der Waals surface area contributed by atoms with E-state index in [-0.39, 0.29) is 32.0 Å². The van der Waals surface area contributed by atoms with Crippen molar-refractivity contribution in [2.45, 2.75) is 32.7 Å². The molecule has 1 aromatic rings. The van der Waals surface area contributed by atoms with E-state index in [9.17, 15) is 9.59 Å². The second kappa shape index (κ2) is 8.77. The number of carbonyl (C=O) groups is 2. The molecule has 122 valence electrons. The highest BCUT2D eigenvalue weighted by molar-refractivity contribution is 6.52. The smallest absolute Gasteiger partial charge is 0.359 e. The molecule has 0 saturated carbocycles. The summed E-state index contributed by atoms with van der Waals surface area (Å²) in [5.74, 6) is -1.33. The van der Waals surface area contributed by atoms with Crippen LogP contribution in [-0.2, 0) is 9.53 Å². The van der Waals surface area contributed by atoms with Gasteiger partial charge in [-0.15, -0.1) is 0 Å². The van der Waals surface area contributed by atoms with Gasteiger partial charge in [-0.05, 0) is 13.3 Å². The molecule has 0 aliphatic heterocycles. The molecule has 0 fully saturated rings. The Kier molecular flexibility index (Phi) is 7.69.